The van der Waals surface area contributed by atoms with Gasteiger partial charge in [0.1, 0.15) is 0 Å². The lowest BCUT2D eigenvalue weighted by Crippen LogP contribution is -2.39. The first-order valence-corrected chi connectivity index (χ1v) is 10.2. The lowest BCUT2D eigenvalue weighted by molar-refractivity contribution is -0.118. The van der Waals surface area contributed by atoms with Crippen LogP contribution in [0.1, 0.15) is 20.3 Å². The van der Waals surface area contributed by atoms with Gasteiger partial charge in [0.25, 0.3) is 0 Å². The minimum absolute atomic E-state index is 0.00815. The second-order valence-electron chi connectivity index (χ2n) is 6.98. The van der Waals surface area contributed by atoms with E-state index in [0.29, 0.717) is 26.3 Å². The summed E-state index contributed by atoms with van der Waals surface area (Å²) in [4.78, 5) is 31.0. The maximum atomic E-state index is 12.9. The lowest BCUT2D eigenvalue weighted by Gasteiger charge is -2.33. The summed E-state index contributed by atoms with van der Waals surface area (Å²) in [5, 5.41) is 0. The Hall–Kier alpha value is -2.86. The van der Waals surface area contributed by atoms with E-state index in [2.05, 4.69) is 4.90 Å². The predicted octanol–water partition coefficient (Wildman–Crippen LogP) is 3.32. The number of para-hydroxylation sites is 3. The molecule has 0 saturated carbocycles. The van der Waals surface area contributed by atoms with E-state index in [1.54, 1.807) is 16.7 Å². The molecule has 0 aliphatic carbocycles. The molecule has 0 N–H and O–H groups in total. The Morgan fingerprint density at radius 1 is 0.966 bits per heavy atom. The van der Waals surface area contributed by atoms with Gasteiger partial charge in [-0.25, -0.2) is 0 Å². The molecule has 1 aliphatic rings. The quantitative estimate of drug-likeness (QED) is 0.722. The van der Waals surface area contributed by atoms with Gasteiger partial charge < -0.3 is 19.4 Å². The number of hydrogen-bond acceptors (Lipinski definition) is 4. The van der Waals surface area contributed by atoms with Crippen LogP contribution in [0.25, 0.3) is 0 Å². The second-order valence-corrected chi connectivity index (χ2v) is 6.98. The van der Waals surface area contributed by atoms with E-state index in [1.165, 1.54) is 0 Å². The Bertz CT molecular complexity index is 819. The molecule has 0 radical (unpaired) electrons. The first-order valence-electron chi connectivity index (χ1n) is 10.2. The summed E-state index contributed by atoms with van der Waals surface area (Å²) >= 11 is 0. The zero-order chi connectivity index (χ0) is 20.6. The Balaban J connectivity index is 1.76. The molecule has 1 aliphatic heterocycles. The van der Waals surface area contributed by atoms with E-state index in [-0.39, 0.29) is 18.2 Å². The minimum atomic E-state index is -0.0683. The second kappa shape index (κ2) is 10.1. The van der Waals surface area contributed by atoms with Crippen molar-refractivity contribution in [3.63, 3.8) is 0 Å². The van der Waals surface area contributed by atoms with Gasteiger partial charge >= 0.3 is 0 Å². The van der Waals surface area contributed by atoms with E-state index in [0.717, 1.165) is 30.2 Å². The van der Waals surface area contributed by atoms with Crippen LogP contribution in [0, 0.1) is 0 Å². The van der Waals surface area contributed by atoms with Crippen LogP contribution in [0.5, 0.6) is 0 Å². The summed E-state index contributed by atoms with van der Waals surface area (Å²) in [5.41, 5.74) is 2.73. The maximum Gasteiger partial charge on any atom is 0.228 e. The topological polar surface area (TPSA) is 53.1 Å². The van der Waals surface area contributed by atoms with Crippen molar-refractivity contribution in [1.82, 2.24) is 0 Å². The number of morpholine rings is 1. The fourth-order valence-electron chi connectivity index (χ4n) is 3.66. The number of rotatable bonds is 7. The number of carbonyl (C=O) groups is 2. The molecule has 154 valence electrons. The number of hydrogen-bond donors (Lipinski definition) is 0. The zero-order valence-corrected chi connectivity index (χ0v) is 17.2. The van der Waals surface area contributed by atoms with Gasteiger partial charge in [0.2, 0.25) is 11.8 Å². The number of amides is 2. The van der Waals surface area contributed by atoms with Crippen LogP contribution in [0.2, 0.25) is 0 Å². The largest absolute Gasteiger partial charge is 0.378 e. The van der Waals surface area contributed by atoms with Crippen molar-refractivity contribution in [3.8, 4) is 0 Å². The third-order valence-electron chi connectivity index (χ3n) is 5.14. The summed E-state index contributed by atoms with van der Waals surface area (Å²) in [7, 11) is 0. The number of benzene rings is 2. The van der Waals surface area contributed by atoms with Crippen molar-refractivity contribution in [2.75, 3.05) is 54.1 Å². The van der Waals surface area contributed by atoms with Gasteiger partial charge in [0.05, 0.1) is 24.6 Å². The van der Waals surface area contributed by atoms with Gasteiger partial charge in [-0.05, 0) is 31.2 Å². The molecule has 3 rings (SSSR count). The summed E-state index contributed by atoms with van der Waals surface area (Å²) in [6.07, 6.45) is 0.264. The van der Waals surface area contributed by atoms with Crippen molar-refractivity contribution < 1.29 is 14.3 Å². The number of anilines is 3. The number of ether oxygens (including phenoxy) is 1. The minimum Gasteiger partial charge on any atom is -0.378 e. The third-order valence-corrected chi connectivity index (χ3v) is 5.14. The molecule has 0 atom stereocenters. The molecule has 0 bridgehead atoms. The Kier molecular flexibility index (Phi) is 7.25. The first-order chi connectivity index (χ1) is 14.1. The molecule has 0 unspecified atom stereocenters. The SMILES string of the molecule is CCN(C(=O)CCN(C(C)=O)c1ccccc1N1CCOCC1)c1ccccc1. The van der Waals surface area contributed by atoms with Crippen molar-refractivity contribution >= 4 is 28.9 Å². The van der Waals surface area contributed by atoms with Crippen molar-refractivity contribution in [3.05, 3.63) is 54.6 Å². The van der Waals surface area contributed by atoms with Gasteiger partial charge in [-0.15, -0.1) is 0 Å². The molecule has 29 heavy (non-hydrogen) atoms. The van der Waals surface area contributed by atoms with Crippen molar-refractivity contribution in [2.24, 2.45) is 0 Å². The van der Waals surface area contributed by atoms with Gasteiger partial charge in [0.15, 0.2) is 0 Å². The lowest BCUT2D eigenvalue weighted by atomic mass is 10.2. The molecule has 2 aromatic carbocycles. The molecule has 1 heterocycles. The Morgan fingerprint density at radius 2 is 1.62 bits per heavy atom. The van der Waals surface area contributed by atoms with Gasteiger partial charge in [-0.3, -0.25) is 9.59 Å². The zero-order valence-electron chi connectivity index (χ0n) is 17.2. The van der Waals surface area contributed by atoms with Crippen LogP contribution in [0.15, 0.2) is 54.6 Å². The van der Waals surface area contributed by atoms with E-state index in [9.17, 15) is 9.59 Å². The molecule has 6 nitrogen and oxygen atoms in total. The van der Waals surface area contributed by atoms with Crippen molar-refractivity contribution in [2.45, 2.75) is 20.3 Å². The molecule has 2 amide bonds. The van der Waals surface area contributed by atoms with E-state index < -0.39 is 0 Å². The van der Waals surface area contributed by atoms with Crippen LogP contribution in [-0.2, 0) is 14.3 Å². The van der Waals surface area contributed by atoms with E-state index >= 15 is 0 Å². The highest BCUT2D eigenvalue weighted by Crippen LogP contribution is 2.30. The summed E-state index contributed by atoms with van der Waals surface area (Å²) < 4.78 is 5.46. The summed E-state index contributed by atoms with van der Waals surface area (Å²) in [6, 6.07) is 17.5. The molecule has 0 aromatic heterocycles. The first kappa shape index (κ1) is 20.9. The smallest absolute Gasteiger partial charge is 0.228 e. The number of nitrogens with zero attached hydrogens (tertiary/aromatic N) is 3. The highest BCUT2D eigenvalue weighted by atomic mass is 16.5. The van der Waals surface area contributed by atoms with Crippen molar-refractivity contribution in [1.29, 1.82) is 0 Å². The van der Waals surface area contributed by atoms with Gasteiger partial charge in [-0.1, -0.05) is 30.3 Å². The fraction of sp³-hybridized carbons (Fsp3) is 0.391. The fourth-order valence-corrected chi connectivity index (χ4v) is 3.66. The highest BCUT2D eigenvalue weighted by molar-refractivity contribution is 5.98. The molecule has 2 aromatic rings. The van der Waals surface area contributed by atoms with E-state index in [4.69, 9.17) is 4.74 Å². The average molecular weight is 396 g/mol. The van der Waals surface area contributed by atoms with Crippen LogP contribution >= 0.6 is 0 Å². The highest BCUT2D eigenvalue weighted by Gasteiger charge is 2.22. The van der Waals surface area contributed by atoms with Gasteiger partial charge in [0, 0.05) is 45.2 Å². The van der Waals surface area contributed by atoms with Crippen LogP contribution < -0.4 is 14.7 Å². The third kappa shape index (κ3) is 5.15. The van der Waals surface area contributed by atoms with Crippen LogP contribution in [0.3, 0.4) is 0 Å². The Morgan fingerprint density at radius 3 is 2.28 bits per heavy atom. The average Bonchev–Trinajstić information content (AvgIpc) is 2.76. The number of carbonyl (C=O) groups excluding carboxylic acids is 2. The van der Waals surface area contributed by atoms with E-state index in [1.807, 2.05) is 61.5 Å². The maximum absolute atomic E-state index is 12.9. The molecule has 1 fully saturated rings. The molecule has 1 saturated heterocycles. The molecular weight excluding hydrogens is 366 g/mol. The predicted molar refractivity (Wildman–Crippen MR) is 117 cm³/mol. The summed E-state index contributed by atoms with van der Waals surface area (Å²) in [5.74, 6) is -0.0601. The van der Waals surface area contributed by atoms with Crippen LogP contribution in [0.4, 0.5) is 17.1 Å². The standard InChI is InChI=1S/C23H29N3O3/c1-3-25(20-9-5-4-6-10-20)23(28)13-14-26(19(2)27)22-12-8-7-11-21(22)24-15-17-29-18-16-24/h4-12H,3,13-18H2,1-2H3. The molecule has 6 heteroatoms. The Labute approximate surface area is 172 Å². The van der Waals surface area contributed by atoms with Crippen LogP contribution in [-0.4, -0.2) is 51.2 Å². The molecule has 0 spiro atoms. The van der Waals surface area contributed by atoms with Gasteiger partial charge in [-0.2, -0.15) is 0 Å². The molecular formula is C23H29N3O3. The normalized spacial score (nSPS) is 13.8. The summed E-state index contributed by atoms with van der Waals surface area (Å²) in [6.45, 7) is 7.38. The monoisotopic (exact) mass is 395 g/mol.